The molecule has 1 heterocycles. The highest BCUT2D eigenvalue weighted by Crippen LogP contribution is 2.22. The van der Waals surface area contributed by atoms with Crippen LogP contribution >= 0.6 is 0 Å². The fraction of sp³-hybridized carbons (Fsp3) is 0.154. The lowest BCUT2D eigenvalue weighted by Crippen LogP contribution is -2.07. The average molecular weight is 428 g/mol. The summed E-state index contributed by atoms with van der Waals surface area (Å²) in [5, 5.41) is 12.5. The molecule has 0 amide bonds. The van der Waals surface area contributed by atoms with Crippen molar-refractivity contribution in [3.05, 3.63) is 101 Å². The number of hydrogen-bond donors (Lipinski definition) is 2. The second-order valence-corrected chi connectivity index (χ2v) is 7.33. The monoisotopic (exact) mass is 428 g/mol. The van der Waals surface area contributed by atoms with Gasteiger partial charge in [0.15, 0.2) is 0 Å². The van der Waals surface area contributed by atoms with E-state index in [2.05, 4.69) is 10.3 Å². The summed E-state index contributed by atoms with van der Waals surface area (Å²) < 4.78 is 11.7. The molecule has 0 fully saturated rings. The third kappa shape index (κ3) is 5.16. The SMILES string of the molecule is Cc1oc(-c2ccccc2)nc1CCOc1ccc(NCc2ccccc2C(=O)O)cc1. The zero-order chi connectivity index (χ0) is 22.3. The Bertz CT molecular complexity index is 1180. The lowest BCUT2D eigenvalue weighted by Gasteiger charge is -2.10. The minimum absolute atomic E-state index is 0.304. The van der Waals surface area contributed by atoms with Crippen LogP contribution in [-0.4, -0.2) is 22.7 Å². The lowest BCUT2D eigenvalue weighted by molar-refractivity contribution is 0.0696. The van der Waals surface area contributed by atoms with Crippen molar-refractivity contribution in [1.82, 2.24) is 4.98 Å². The molecule has 3 aromatic carbocycles. The van der Waals surface area contributed by atoms with Crippen LogP contribution < -0.4 is 10.1 Å². The lowest BCUT2D eigenvalue weighted by atomic mass is 10.1. The first-order chi connectivity index (χ1) is 15.6. The van der Waals surface area contributed by atoms with Gasteiger partial charge in [0.25, 0.3) is 0 Å². The molecule has 0 aliphatic rings. The Hall–Kier alpha value is -4.06. The quantitative estimate of drug-likeness (QED) is 0.362. The highest BCUT2D eigenvalue weighted by molar-refractivity contribution is 5.89. The first-order valence-electron chi connectivity index (χ1n) is 10.4. The number of carboxylic acid groups (broad SMARTS) is 1. The van der Waals surface area contributed by atoms with Gasteiger partial charge >= 0.3 is 5.97 Å². The van der Waals surface area contributed by atoms with Gasteiger partial charge in [-0.25, -0.2) is 9.78 Å². The molecule has 1 aromatic heterocycles. The Kier molecular flexibility index (Phi) is 6.51. The molecule has 6 heteroatoms. The number of nitrogens with one attached hydrogen (secondary N) is 1. The highest BCUT2D eigenvalue weighted by Gasteiger charge is 2.11. The Labute approximate surface area is 186 Å². The molecule has 4 rings (SSSR count). The number of carboxylic acids is 1. The number of carbonyl (C=O) groups is 1. The number of rotatable bonds is 9. The molecule has 162 valence electrons. The van der Waals surface area contributed by atoms with Gasteiger partial charge in [-0.1, -0.05) is 36.4 Å². The third-order valence-corrected chi connectivity index (χ3v) is 5.11. The van der Waals surface area contributed by atoms with E-state index in [1.54, 1.807) is 12.1 Å². The first kappa shape index (κ1) is 21.2. The van der Waals surface area contributed by atoms with Crippen LogP contribution in [0.1, 0.15) is 27.4 Å². The second-order valence-electron chi connectivity index (χ2n) is 7.33. The van der Waals surface area contributed by atoms with E-state index in [9.17, 15) is 9.90 Å². The van der Waals surface area contributed by atoms with Gasteiger partial charge in [-0.2, -0.15) is 0 Å². The van der Waals surface area contributed by atoms with Crippen LogP contribution in [0, 0.1) is 6.92 Å². The highest BCUT2D eigenvalue weighted by atomic mass is 16.5. The van der Waals surface area contributed by atoms with E-state index in [0.717, 1.165) is 34.0 Å². The minimum Gasteiger partial charge on any atom is -0.493 e. The Morgan fingerprint density at radius 3 is 2.47 bits per heavy atom. The van der Waals surface area contributed by atoms with Crippen molar-refractivity contribution < 1.29 is 19.1 Å². The summed E-state index contributed by atoms with van der Waals surface area (Å²) in [5.74, 6) is 1.25. The molecule has 0 unspecified atom stereocenters. The van der Waals surface area contributed by atoms with Crippen molar-refractivity contribution >= 4 is 11.7 Å². The first-order valence-corrected chi connectivity index (χ1v) is 10.4. The van der Waals surface area contributed by atoms with Crippen molar-refractivity contribution in [3.8, 4) is 17.2 Å². The molecule has 0 radical (unpaired) electrons. The Balaban J connectivity index is 1.29. The van der Waals surface area contributed by atoms with Crippen LogP contribution in [-0.2, 0) is 13.0 Å². The summed E-state index contributed by atoms with van der Waals surface area (Å²) in [4.78, 5) is 15.9. The summed E-state index contributed by atoms with van der Waals surface area (Å²) in [7, 11) is 0. The van der Waals surface area contributed by atoms with Gasteiger partial charge in [-0.3, -0.25) is 0 Å². The standard InChI is InChI=1S/C26H24N2O4/c1-18-24(28-25(32-18)19-7-3-2-4-8-19)15-16-31-22-13-11-21(12-14-22)27-17-20-9-5-6-10-23(20)26(29)30/h2-14,27H,15-17H2,1H3,(H,29,30). The van der Waals surface area contributed by atoms with E-state index in [0.29, 0.717) is 31.0 Å². The predicted octanol–water partition coefficient (Wildman–Crippen LogP) is 5.58. The smallest absolute Gasteiger partial charge is 0.336 e. The minimum atomic E-state index is -0.926. The average Bonchev–Trinajstić information content (AvgIpc) is 3.19. The Morgan fingerprint density at radius 2 is 1.72 bits per heavy atom. The van der Waals surface area contributed by atoms with Crippen LogP contribution in [0.4, 0.5) is 5.69 Å². The summed E-state index contributed by atoms with van der Waals surface area (Å²) in [6, 6.07) is 24.4. The van der Waals surface area contributed by atoms with Gasteiger partial charge in [0.2, 0.25) is 5.89 Å². The predicted molar refractivity (Wildman–Crippen MR) is 123 cm³/mol. The van der Waals surface area contributed by atoms with E-state index >= 15 is 0 Å². The maximum absolute atomic E-state index is 11.3. The molecular formula is C26H24N2O4. The summed E-state index contributed by atoms with van der Waals surface area (Å²) >= 11 is 0. The van der Waals surface area contributed by atoms with Gasteiger partial charge < -0.3 is 19.6 Å². The van der Waals surface area contributed by atoms with E-state index in [4.69, 9.17) is 9.15 Å². The molecule has 0 bridgehead atoms. The molecule has 32 heavy (non-hydrogen) atoms. The summed E-state index contributed by atoms with van der Waals surface area (Å²) in [6.45, 7) is 2.83. The molecule has 0 saturated heterocycles. The fourth-order valence-electron chi connectivity index (χ4n) is 3.38. The zero-order valence-corrected chi connectivity index (χ0v) is 17.7. The summed E-state index contributed by atoms with van der Waals surface area (Å²) in [6.07, 6.45) is 0.647. The largest absolute Gasteiger partial charge is 0.493 e. The maximum Gasteiger partial charge on any atom is 0.336 e. The third-order valence-electron chi connectivity index (χ3n) is 5.11. The Morgan fingerprint density at radius 1 is 1.00 bits per heavy atom. The van der Waals surface area contributed by atoms with Crippen LogP contribution in [0.15, 0.2) is 83.3 Å². The number of benzene rings is 3. The van der Waals surface area contributed by atoms with Crippen molar-refractivity contribution in [2.24, 2.45) is 0 Å². The van der Waals surface area contributed by atoms with E-state index in [1.165, 1.54) is 0 Å². The summed E-state index contributed by atoms with van der Waals surface area (Å²) in [5.41, 5.74) is 3.77. The van der Waals surface area contributed by atoms with Gasteiger partial charge in [0.1, 0.15) is 11.5 Å². The van der Waals surface area contributed by atoms with E-state index in [-0.39, 0.29) is 0 Å². The molecule has 4 aromatic rings. The molecule has 0 saturated carbocycles. The number of nitrogens with zero attached hydrogens (tertiary/aromatic N) is 1. The molecule has 6 nitrogen and oxygen atoms in total. The molecular weight excluding hydrogens is 404 g/mol. The van der Waals surface area contributed by atoms with Gasteiger partial charge in [-0.15, -0.1) is 0 Å². The van der Waals surface area contributed by atoms with Crippen LogP contribution in [0.2, 0.25) is 0 Å². The van der Waals surface area contributed by atoms with Crippen LogP contribution in [0.5, 0.6) is 5.75 Å². The molecule has 2 N–H and O–H groups in total. The van der Waals surface area contributed by atoms with Crippen molar-refractivity contribution in [1.29, 1.82) is 0 Å². The molecule has 0 atom stereocenters. The number of aromatic carboxylic acids is 1. The number of oxazole rings is 1. The number of ether oxygens (including phenoxy) is 1. The zero-order valence-electron chi connectivity index (χ0n) is 17.7. The number of aryl methyl sites for hydroxylation is 1. The fourth-order valence-corrected chi connectivity index (χ4v) is 3.38. The maximum atomic E-state index is 11.3. The molecule has 0 aliphatic heterocycles. The van der Waals surface area contributed by atoms with Crippen molar-refractivity contribution in [2.45, 2.75) is 19.9 Å². The second kappa shape index (κ2) is 9.83. The topological polar surface area (TPSA) is 84.6 Å². The number of hydrogen-bond acceptors (Lipinski definition) is 5. The van der Waals surface area contributed by atoms with Crippen LogP contribution in [0.3, 0.4) is 0 Å². The van der Waals surface area contributed by atoms with Gasteiger partial charge in [0.05, 0.1) is 17.9 Å². The van der Waals surface area contributed by atoms with Crippen molar-refractivity contribution in [2.75, 3.05) is 11.9 Å². The number of anilines is 1. The normalized spacial score (nSPS) is 10.7. The van der Waals surface area contributed by atoms with E-state index in [1.807, 2.05) is 73.7 Å². The van der Waals surface area contributed by atoms with Crippen molar-refractivity contribution in [3.63, 3.8) is 0 Å². The number of aromatic nitrogens is 1. The van der Waals surface area contributed by atoms with Crippen LogP contribution in [0.25, 0.3) is 11.5 Å². The van der Waals surface area contributed by atoms with E-state index < -0.39 is 5.97 Å². The van der Waals surface area contributed by atoms with Gasteiger partial charge in [0, 0.05) is 24.2 Å². The molecule has 0 aliphatic carbocycles. The van der Waals surface area contributed by atoms with Gasteiger partial charge in [-0.05, 0) is 55.0 Å². The molecule has 0 spiro atoms.